The second-order valence-electron chi connectivity index (χ2n) is 4.80. The maximum atomic E-state index is 12.5. The lowest BCUT2D eigenvalue weighted by atomic mass is 10.1. The van der Waals surface area contributed by atoms with Crippen molar-refractivity contribution >= 4 is 17.5 Å². The predicted octanol–water partition coefficient (Wildman–Crippen LogP) is 1.82. The average molecular weight is 330 g/mol. The largest absolute Gasteiger partial charge is 0.497 e. The van der Waals surface area contributed by atoms with E-state index < -0.39 is 5.91 Å². The van der Waals surface area contributed by atoms with E-state index in [1.54, 1.807) is 42.5 Å². The summed E-state index contributed by atoms with van der Waals surface area (Å²) in [6, 6.07) is 11.6. The molecule has 0 atom stereocenters. The molecule has 7 nitrogen and oxygen atoms in total. The summed E-state index contributed by atoms with van der Waals surface area (Å²) in [6.45, 7) is -0.235. The van der Waals surface area contributed by atoms with Crippen LogP contribution in [-0.4, -0.2) is 32.6 Å². The first kappa shape index (κ1) is 17.1. The zero-order valence-corrected chi connectivity index (χ0v) is 13.4. The SMILES string of the molecule is COc1ccc(OC)c(C(=O)Nc2cccc(OCC(N)=O)c2)c1. The van der Waals surface area contributed by atoms with Gasteiger partial charge in [0.15, 0.2) is 6.61 Å². The van der Waals surface area contributed by atoms with Crippen LogP contribution in [0.1, 0.15) is 10.4 Å². The highest BCUT2D eigenvalue weighted by Crippen LogP contribution is 2.25. The minimum atomic E-state index is -0.578. The van der Waals surface area contributed by atoms with E-state index in [4.69, 9.17) is 19.9 Å². The van der Waals surface area contributed by atoms with Gasteiger partial charge in [0.25, 0.3) is 11.8 Å². The van der Waals surface area contributed by atoms with Crippen LogP contribution in [-0.2, 0) is 4.79 Å². The Balaban J connectivity index is 2.17. The number of carbonyl (C=O) groups is 2. The number of hydrogen-bond donors (Lipinski definition) is 2. The molecule has 0 saturated carbocycles. The van der Waals surface area contributed by atoms with Crippen molar-refractivity contribution in [3.8, 4) is 17.2 Å². The van der Waals surface area contributed by atoms with Crippen molar-refractivity contribution in [3.05, 3.63) is 48.0 Å². The third-order valence-corrected chi connectivity index (χ3v) is 3.12. The predicted molar refractivity (Wildman–Crippen MR) is 88.6 cm³/mol. The van der Waals surface area contributed by atoms with E-state index in [1.807, 2.05) is 0 Å². The first-order valence-electron chi connectivity index (χ1n) is 7.08. The number of carbonyl (C=O) groups excluding carboxylic acids is 2. The standard InChI is InChI=1S/C17H18N2O5/c1-22-12-6-7-15(23-2)14(9-12)17(21)19-11-4-3-5-13(8-11)24-10-16(18)20/h3-9H,10H2,1-2H3,(H2,18,20)(H,19,21). The van der Waals surface area contributed by atoms with E-state index in [-0.39, 0.29) is 12.5 Å². The van der Waals surface area contributed by atoms with Gasteiger partial charge in [-0.1, -0.05) is 6.07 Å². The second-order valence-corrected chi connectivity index (χ2v) is 4.80. The van der Waals surface area contributed by atoms with Crippen molar-refractivity contribution in [3.63, 3.8) is 0 Å². The molecule has 0 spiro atoms. The van der Waals surface area contributed by atoms with E-state index in [0.717, 1.165) is 0 Å². The van der Waals surface area contributed by atoms with Crippen molar-refractivity contribution < 1.29 is 23.8 Å². The van der Waals surface area contributed by atoms with E-state index in [9.17, 15) is 9.59 Å². The van der Waals surface area contributed by atoms with Crippen molar-refractivity contribution in [2.45, 2.75) is 0 Å². The van der Waals surface area contributed by atoms with Gasteiger partial charge >= 0.3 is 0 Å². The van der Waals surface area contributed by atoms with Gasteiger partial charge in [-0.3, -0.25) is 9.59 Å². The molecule has 24 heavy (non-hydrogen) atoms. The summed E-state index contributed by atoms with van der Waals surface area (Å²) in [4.78, 5) is 23.2. The topological polar surface area (TPSA) is 99.9 Å². The summed E-state index contributed by atoms with van der Waals surface area (Å²) >= 11 is 0. The molecular formula is C17H18N2O5. The van der Waals surface area contributed by atoms with Crippen molar-refractivity contribution in [2.75, 3.05) is 26.1 Å². The molecule has 2 amide bonds. The minimum absolute atomic E-state index is 0.235. The quantitative estimate of drug-likeness (QED) is 0.806. The number of hydrogen-bond acceptors (Lipinski definition) is 5. The second kappa shape index (κ2) is 7.87. The molecule has 7 heteroatoms. The van der Waals surface area contributed by atoms with Crippen molar-refractivity contribution in [1.82, 2.24) is 0 Å². The van der Waals surface area contributed by atoms with E-state index in [0.29, 0.717) is 28.5 Å². The summed E-state index contributed by atoms with van der Waals surface area (Å²) in [5.74, 6) is 0.446. The Bertz CT molecular complexity index is 746. The fraction of sp³-hybridized carbons (Fsp3) is 0.176. The van der Waals surface area contributed by atoms with Gasteiger partial charge in [0.1, 0.15) is 17.2 Å². The van der Waals surface area contributed by atoms with E-state index in [2.05, 4.69) is 5.32 Å². The zero-order chi connectivity index (χ0) is 17.5. The van der Waals surface area contributed by atoms with Gasteiger partial charge in [-0.2, -0.15) is 0 Å². The summed E-state index contributed by atoms with van der Waals surface area (Å²) in [7, 11) is 3.00. The molecule has 0 aromatic heterocycles. The lowest BCUT2D eigenvalue weighted by Gasteiger charge is -2.12. The number of benzene rings is 2. The van der Waals surface area contributed by atoms with Crippen LogP contribution in [0.4, 0.5) is 5.69 Å². The van der Waals surface area contributed by atoms with Crippen LogP contribution in [0.5, 0.6) is 17.2 Å². The van der Waals surface area contributed by atoms with Crippen LogP contribution in [0, 0.1) is 0 Å². The zero-order valence-electron chi connectivity index (χ0n) is 13.4. The molecule has 126 valence electrons. The summed E-state index contributed by atoms with van der Waals surface area (Å²) in [6.07, 6.45) is 0. The minimum Gasteiger partial charge on any atom is -0.497 e. The maximum Gasteiger partial charge on any atom is 0.259 e. The van der Waals surface area contributed by atoms with Gasteiger partial charge in [0.05, 0.1) is 19.8 Å². The summed E-state index contributed by atoms with van der Waals surface area (Å²) < 4.78 is 15.5. The van der Waals surface area contributed by atoms with Gasteiger partial charge in [-0.15, -0.1) is 0 Å². The van der Waals surface area contributed by atoms with Crippen LogP contribution < -0.4 is 25.3 Å². The van der Waals surface area contributed by atoms with Crippen molar-refractivity contribution in [1.29, 1.82) is 0 Å². The molecule has 0 heterocycles. The number of nitrogens with one attached hydrogen (secondary N) is 1. The Morgan fingerprint density at radius 3 is 2.50 bits per heavy atom. The molecule has 0 unspecified atom stereocenters. The Morgan fingerprint density at radius 2 is 1.83 bits per heavy atom. The number of ether oxygens (including phenoxy) is 3. The molecule has 0 aliphatic heterocycles. The molecule has 2 aromatic rings. The lowest BCUT2D eigenvalue weighted by Crippen LogP contribution is -2.20. The number of methoxy groups -OCH3 is 2. The molecule has 2 rings (SSSR count). The molecule has 3 N–H and O–H groups in total. The van der Waals surface area contributed by atoms with Crippen LogP contribution in [0.25, 0.3) is 0 Å². The smallest absolute Gasteiger partial charge is 0.259 e. The Kier molecular flexibility index (Phi) is 5.62. The third-order valence-electron chi connectivity index (χ3n) is 3.12. The molecular weight excluding hydrogens is 312 g/mol. The van der Waals surface area contributed by atoms with Gasteiger partial charge in [-0.25, -0.2) is 0 Å². The summed E-state index contributed by atoms with van der Waals surface area (Å²) in [5, 5.41) is 2.74. The molecule has 0 saturated heterocycles. The lowest BCUT2D eigenvalue weighted by molar-refractivity contribution is -0.119. The Morgan fingerprint density at radius 1 is 1.04 bits per heavy atom. The number of anilines is 1. The first-order chi connectivity index (χ1) is 11.5. The molecule has 2 aromatic carbocycles. The van der Waals surface area contributed by atoms with Gasteiger partial charge in [0, 0.05) is 11.8 Å². The van der Waals surface area contributed by atoms with E-state index in [1.165, 1.54) is 14.2 Å². The molecule has 0 aliphatic carbocycles. The molecule has 0 bridgehead atoms. The Labute approximate surface area is 139 Å². The van der Waals surface area contributed by atoms with Crippen LogP contribution in [0.2, 0.25) is 0 Å². The highest BCUT2D eigenvalue weighted by Gasteiger charge is 2.14. The summed E-state index contributed by atoms with van der Waals surface area (Å²) in [5.41, 5.74) is 5.87. The molecule has 0 aliphatic rings. The fourth-order valence-corrected chi connectivity index (χ4v) is 2.01. The maximum absolute atomic E-state index is 12.5. The highest BCUT2D eigenvalue weighted by atomic mass is 16.5. The van der Waals surface area contributed by atoms with Crippen LogP contribution in [0.3, 0.4) is 0 Å². The van der Waals surface area contributed by atoms with E-state index >= 15 is 0 Å². The van der Waals surface area contributed by atoms with Crippen LogP contribution in [0.15, 0.2) is 42.5 Å². The number of amides is 2. The molecule has 0 fully saturated rings. The van der Waals surface area contributed by atoms with Gasteiger partial charge < -0.3 is 25.3 Å². The third kappa shape index (κ3) is 4.39. The number of rotatable bonds is 7. The van der Waals surface area contributed by atoms with Gasteiger partial charge in [0.2, 0.25) is 0 Å². The monoisotopic (exact) mass is 330 g/mol. The number of primary amides is 1. The molecule has 0 radical (unpaired) electrons. The van der Waals surface area contributed by atoms with Crippen molar-refractivity contribution in [2.24, 2.45) is 5.73 Å². The normalized spacial score (nSPS) is 9.92. The van der Waals surface area contributed by atoms with Crippen LogP contribution >= 0.6 is 0 Å². The van der Waals surface area contributed by atoms with Gasteiger partial charge in [-0.05, 0) is 30.3 Å². The number of nitrogens with two attached hydrogens (primary N) is 1. The average Bonchev–Trinajstić information content (AvgIpc) is 2.59. The fourth-order valence-electron chi connectivity index (χ4n) is 2.01. The highest BCUT2D eigenvalue weighted by molar-refractivity contribution is 6.06. The first-order valence-corrected chi connectivity index (χ1v) is 7.08. The Hall–Kier alpha value is -3.22.